The van der Waals surface area contributed by atoms with Crippen molar-refractivity contribution in [1.29, 1.82) is 0 Å². The molecule has 160 valence electrons. The fraction of sp³-hybridized carbons (Fsp3) is 0.526. The van der Waals surface area contributed by atoms with E-state index in [9.17, 15) is 19.5 Å². The van der Waals surface area contributed by atoms with Crippen molar-refractivity contribution in [2.24, 2.45) is 0 Å². The minimum absolute atomic E-state index is 0.0538. The number of aliphatic hydroxyl groups is 1. The molecule has 10 heteroatoms. The highest BCUT2D eigenvalue weighted by molar-refractivity contribution is 5.67. The van der Waals surface area contributed by atoms with E-state index in [1.807, 2.05) is 6.07 Å². The first-order valence-electron chi connectivity index (χ1n) is 8.86. The van der Waals surface area contributed by atoms with E-state index in [0.717, 1.165) is 12.5 Å². The number of carbonyl (C=O) groups excluding carboxylic acids is 3. The molecular formula is C19H24O10. The summed E-state index contributed by atoms with van der Waals surface area (Å²) in [6.45, 7) is 1.98. The Balaban J connectivity index is 2.12. The summed E-state index contributed by atoms with van der Waals surface area (Å²) in [5.41, 5.74) is 0.732. The standard InChI is InChI=1S/C19H24O10/c1-11(20)25-10-14-16(27-12(2)21)17(15(22)18(24-3)28-14)29-19(23)26-9-13-7-5-4-6-8-13/h4-8,14-18,22H,9-10H2,1-3H3/t14-,15-,16-,17-,18+/m1/s1. The predicted molar refractivity (Wildman–Crippen MR) is 95.4 cm³/mol. The third kappa shape index (κ3) is 6.70. The maximum Gasteiger partial charge on any atom is 0.509 e. The van der Waals surface area contributed by atoms with Gasteiger partial charge in [0.2, 0.25) is 0 Å². The minimum atomic E-state index is -1.48. The highest BCUT2D eigenvalue weighted by atomic mass is 16.8. The van der Waals surface area contributed by atoms with Crippen molar-refractivity contribution in [1.82, 2.24) is 0 Å². The fourth-order valence-corrected chi connectivity index (χ4v) is 2.75. The summed E-state index contributed by atoms with van der Waals surface area (Å²) >= 11 is 0. The Bertz CT molecular complexity index is 691. The molecule has 1 aliphatic rings. The van der Waals surface area contributed by atoms with Crippen molar-refractivity contribution in [3.05, 3.63) is 35.9 Å². The van der Waals surface area contributed by atoms with Crippen LogP contribution in [0.15, 0.2) is 30.3 Å². The Labute approximate surface area is 167 Å². The highest BCUT2D eigenvalue weighted by Crippen LogP contribution is 2.27. The molecule has 1 N–H and O–H groups in total. The third-order valence-corrected chi connectivity index (χ3v) is 4.03. The number of esters is 2. The second kappa shape index (κ2) is 10.7. The average molecular weight is 412 g/mol. The normalized spacial score (nSPS) is 26.3. The number of rotatable bonds is 7. The lowest BCUT2D eigenvalue weighted by Gasteiger charge is -2.42. The summed E-state index contributed by atoms with van der Waals surface area (Å²) in [6.07, 6.45) is -7.45. The van der Waals surface area contributed by atoms with E-state index < -0.39 is 48.8 Å². The van der Waals surface area contributed by atoms with Crippen LogP contribution in [0.1, 0.15) is 19.4 Å². The smallest absolute Gasteiger partial charge is 0.463 e. The van der Waals surface area contributed by atoms with Gasteiger partial charge < -0.3 is 33.5 Å². The summed E-state index contributed by atoms with van der Waals surface area (Å²) in [5, 5.41) is 10.5. The predicted octanol–water partition coefficient (Wildman–Crippen LogP) is 0.935. The van der Waals surface area contributed by atoms with Gasteiger partial charge in [0.15, 0.2) is 18.5 Å². The zero-order chi connectivity index (χ0) is 21.4. The first-order valence-corrected chi connectivity index (χ1v) is 8.86. The van der Waals surface area contributed by atoms with Crippen LogP contribution in [0.3, 0.4) is 0 Å². The number of carbonyl (C=O) groups is 3. The number of hydrogen-bond acceptors (Lipinski definition) is 10. The summed E-state index contributed by atoms with van der Waals surface area (Å²) in [6, 6.07) is 8.90. The van der Waals surface area contributed by atoms with Gasteiger partial charge in [0.25, 0.3) is 0 Å². The van der Waals surface area contributed by atoms with Gasteiger partial charge in [-0.25, -0.2) is 4.79 Å². The molecule has 0 aliphatic carbocycles. The molecule has 0 bridgehead atoms. The molecule has 0 spiro atoms. The SMILES string of the molecule is CO[C@H]1O[C@H](COC(C)=O)[C@@H](OC(C)=O)[C@H](OC(=O)OCc2ccccc2)[C@H]1O. The molecule has 1 saturated heterocycles. The first-order chi connectivity index (χ1) is 13.8. The lowest BCUT2D eigenvalue weighted by molar-refractivity contribution is -0.298. The number of aliphatic hydroxyl groups excluding tert-OH is 1. The molecule has 1 aromatic carbocycles. The lowest BCUT2D eigenvalue weighted by Crippen LogP contribution is -2.61. The number of ether oxygens (including phenoxy) is 6. The van der Waals surface area contributed by atoms with E-state index in [0.29, 0.717) is 0 Å². The van der Waals surface area contributed by atoms with Gasteiger partial charge in [0.1, 0.15) is 25.4 Å². The van der Waals surface area contributed by atoms with Crippen molar-refractivity contribution in [3.63, 3.8) is 0 Å². The average Bonchev–Trinajstić information content (AvgIpc) is 2.69. The van der Waals surface area contributed by atoms with Crippen LogP contribution in [0.5, 0.6) is 0 Å². The minimum Gasteiger partial charge on any atom is -0.463 e. The Morgan fingerprint density at radius 2 is 1.69 bits per heavy atom. The second-order valence-corrected chi connectivity index (χ2v) is 6.25. The summed E-state index contributed by atoms with van der Waals surface area (Å²) < 4.78 is 30.9. The molecule has 5 atom stereocenters. The van der Waals surface area contributed by atoms with Crippen molar-refractivity contribution < 1.29 is 47.9 Å². The van der Waals surface area contributed by atoms with Crippen LogP contribution in [0.4, 0.5) is 4.79 Å². The van der Waals surface area contributed by atoms with Crippen molar-refractivity contribution in [2.75, 3.05) is 13.7 Å². The quantitative estimate of drug-likeness (QED) is 0.510. The molecule has 1 fully saturated rings. The van der Waals surface area contributed by atoms with Gasteiger partial charge in [-0.05, 0) is 5.56 Å². The molecule has 1 heterocycles. The number of hydrogen-bond donors (Lipinski definition) is 1. The highest BCUT2D eigenvalue weighted by Gasteiger charge is 2.50. The molecule has 0 radical (unpaired) electrons. The molecule has 10 nitrogen and oxygen atoms in total. The second-order valence-electron chi connectivity index (χ2n) is 6.25. The van der Waals surface area contributed by atoms with E-state index >= 15 is 0 Å². The molecule has 0 amide bonds. The van der Waals surface area contributed by atoms with Crippen molar-refractivity contribution >= 4 is 18.1 Å². The van der Waals surface area contributed by atoms with Gasteiger partial charge >= 0.3 is 18.1 Å². The number of benzene rings is 1. The van der Waals surface area contributed by atoms with Crippen LogP contribution < -0.4 is 0 Å². The lowest BCUT2D eigenvalue weighted by atomic mass is 9.98. The Morgan fingerprint density at radius 1 is 1.00 bits per heavy atom. The van der Waals surface area contributed by atoms with Crippen molar-refractivity contribution in [2.45, 2.75) is 51.2 Å². The Morgan fingerprint density at radius 3 is 2.28 bits per heavy atom. The molecule has 0 aromatic heterocycles. The van der Waals surface area contributed by atoms with Crippen LogP contribution in [0, 0.1) is 0 Å². The Kier molecular flexibility index (Phi) is 8.37. The Hall–Kier alpha value is -2.69. The van der Waals surface area contributed by atoms with Crippen LogP contribution in [0.2, 0.25) is 0 Å². The summed E-state index contributed by atoms with van der Waals surface area (Å²) in [4.78, 5) is 34.8. The fourth-order valence-electron chi connectivity index (χ4n) is 2.75. The molecule has 0 unspecified atom stereocenters. The van der Waals surface area contributed by atoms with Crippen LogP contribution in [0.25, 0.3) is 0 Å². The zero-order valence-corrected chi connectivity index (χ0v) is 16.3. The zero-order valence-electron chi connectivity index (χ0n) is 16.3. The van der Waals surface area contributed by atoms with Crippen molar-refractivity contribution in [3.8, 4) is 0 Å². The van der Waals surface area contributed by atoms with Gasteiger partial charge in [-0.1, -0.05) is 30.3 Å². The van der Waals surface area contributed by atoms with Gasteiger partial charge in [-0.15, -0.1) is 0 Å². The first kappa shape index (κ1) is 22.6. The van der Waals surface area contributed by atoms with E-state index in [1.54, 1.807) is 24.3 Å². The van der Waals surface area contributed by atoms with E-state index in [1.165, 1.54) is 14.0 Å². The maximum atomic E-state index is 12.2. The largest absolute Gasteiger partial charge is 0.509 e. The van der Waals surface area contributed by atoms with E-state index in [-0.39, 0.29) is 13.2 Å². The molecule has 1 aliphatic heterocycles. The molecular weight excluding hydrogens is 388 g/mol. The van der Waals surface area contributed by atoms with Gasteiger partial charge in [0, 0.05) is 21.0 Å². The van der Waals surface area contributed by atoms with Crippen LogP contribution in [-0.2, 0) is 44.6 Å². The molecule has 2 rings (SSSR count). The van der Waals surface area contributed by atoms with Gasteiger partial charge in [0.05, 0.1) is 0 Å². The van der Waals surface area contributed by atoms with Gasteiger partial charge in [-0.2, -0.15) is 0 Å². The molecule has 29 heavy (non-hydrogen) atoms. The third-order valence-electron chi connectivity index (χ3n) is 4.03. The summed E-state index contributed by atoms with van der Waals surface area (Å²) in [5.74, 6) is -1.30. The maximum absolute atomic E-state index is 12.2. The van der Waals surface area contributed by atoms with Crippen LogP contribution >= 0.6 is 0 Å². The van der Waals surface area contributed by atoms with Crippen LogP contribution in [-0.4, -0.2) is 67.6 Å². The van der Waals surface area contributed by atoms with E-state index in [2.05, 4.69) is 0 Å². The van der Waals surface area contributed by atoms with Gasteiger partial charge in [-0.3, -0.25) is 9.59 Å². The molecule has 0 saturated carbocycles. The monoisotopic (exact) mass is 412 g/mol. The van der Waals surface area contributed by atoms with E-state index in [4.69, 9.17) is 28.4 Å². The summed E-state index contributed by atoms with van der Waals surface area (Å²) in [7, 11) is 1.27. The number of methoxy groups -OCH3 is 1. The topological polar surface area (TPSA) is 127 Å². The molecule has 1 aromatic rings.